The summed E-state index contributed by atoms with van der Waals surface area (Å²) in [6.07, 6.45) is 2.28. The number of carbonyl (C=O) groups is 1. The zero-order chi connectivity index (χ0) is 11.3. The molecular weight excluding hydrogens is 347 g/mol. The number of hydrogen-bond acceptors (Lipinski definition) is 2. The number of pyridine rings is 1. The summed E-state index contributed by atoms with van der Waals surface area (Å²) in [5, 5.41) is 3.75. The van der Waals surface area contributed by atoms with Crippen molar-refractivity contribution in [2.24, 2.45) is 0 Å². The molecule has 1 heterocycles. The molecule has 0 spiro atoms. The van der Waals surface area contributed by atoms with Crippen molar-refractivity contribution >= 4 is 55.1 Å². The van der Waals surface area contributed by atoms with E-state index in [4.69, 9.17) is 11.6 Å². The van der Waals surface area contributed by atoms with Crippen LogP contribution in [0.1, 0.15) is 6.42 Å². The molecule has 1 aromatic rings. The lowest BCUT2D eigenvalue weighted by Crippen LogP contribution is -2.23. The highest BCUT2D eigenvalue weighted by atomic mass is 79.9. The van der Waals surface area contributed by atoms with Crippen LogP contribution < -0.4 is 5.32 Å². The van der Waals surface area contributed by atoms with E-state index in [-0.39, 0.29) is 10.7 Å². The molecule has 1 aromatic heterocycles. The molecule has 1 atom stereocenters. The average molecular weight is 356 g/mol. The molecule has 0 radical (unpaired) electrons. The largest absolute Gasteiger partial charge is 0.322 e. The number of nitrogens with one attached hydrogen (secondary N) is 1. The number of aromatic nitrogens is 1. The molecule has 1 N–H and O–H groups in total. The van der Waals surface area contributed by atoms with E-state index in [9.17, 15) is 4.79 Å². The summed E-state index contributed by atoms with van der Waals surface area (Å²) >= 11 is 12.3. The minimum absolute atomic E-state index is 0.121. The summed E-state index contributed by atoms with van der Waals surface area (Å²) in [5.74, 6) is -0.121. The van der Waals surface area contributed by atoms with Crippen LogP contribution in [0.15, 0.2) is 18.3 Å². The van der Waals surface area contributed by atoms with Crippen LogP contribution in [0.3, 0.4) is 0 Å². The van der Waals surface area contributed by atoms with Crippen LogP contribution in [0, 0.1) is 0 Å². The molecule has 1 amide bonds. The molecule has 0 fully saturated rings. The molecule has 15 heavy (non-hydrogen) atoms. The fourth-order valence-corrected chi connectivity index (χ4v) is 2.50. The molecule has 0 aliphatic carbocycles. The van der Waals surface area contributed by atoms with Crippen LogP contribution in [-0.4, -0.2) is 21.0 Å². The van der Waals surface area contributed by atoms with Gasteiger partial charge in [0.1, 0.15) is 0 Å². The summed E-state index contributed by atoms with van der Waals surface area (Å²) in [6, 6.07) is 3.43. The minimum atomic E-state index is -0.229. The van der Waals surface area contributed by atoms with E-state index in [1.165, 1.54) is 0 Å². The Morgan fingerprint density at radius 1 is 1.67 bits per heavy atom. The first-order valence-corrected chi connectivity index (χ1v) is 6.68. The highest BCUT2D eigenvalue weighted by molar-refractivity contribution is 9.10. The van der Waals surface area contributed by atoms with E-state index in [1.54, 1.807) is 18.3 Å². The van der Waals surface area contributed by atoms with Gasteiger partial charge in [0.25, 0.3) is 0 Å². The van der Waals surface area contributed by atoms with Gasteiger partial charge in [-0.05, 0) is 18.6 Å². The second-order valence-electron chi connectivity index (χ2n) is 2.78. The zero-order valence-electron chi connectivity index (χ0n) is 7.71. The van der Waals surface area contributed by atoms with Crippen LogP contribution in [-0.2, 0) is 4.79 Å². The fourth-order valence-electron chi connectivity index (χ4n) is 0.917. The van der Waals surface area contributed by atoms with E-state index in [1.807, 2.05) is 0 Å². The Hall–Kier alpha value is -0.130. The van der Waals surface area contributed by atoms with E-state index in [0.29, 0.717) is 17.3 Å². The van der Waals surface area contributed by atoms with Gasteiger partial charge in [0.2, 0.25) is 5.91 Å². The van der Waals surface area contributed by atoms with E-state index >= 15 is 0 Å². The van der Waals surface area contributed by atoms with Crippen molar-refractivity contribution in [3.05, 3.63) is 23.5 Å². The van der Waals surface area contributed by atoms with E-state index in [0.717, 1.165) is 5.33 Å². The van der Waals surface area contributed by atoms with Gasteiger partial charge in [0.05, 0.1) is 10.5 Å². The van der Waals surface area contributed by atoms with Crippen molar-refractivity contribution < 1.29 is 4.79 Å². The molecule has 3 nitrogen and oxygen atoms in total. The van der Waals surface area contributed by atoms with Crippen LogP contribution >= 0.6 is 43.5 Å². The lowest BCUT2D eigenvalue weighted by atomic mass is 10.3. The van der Waals surface area contributed by atoms with Crippen molar-refractivity contribution in [3.8, 4) is 0 Å². The first kappa shape index (κ1) is 12.9. The summed E-state index contributed by atoms with van der Waals surface area (Å²) in [6.45, 7) is 0. The minimum Gasteiger partial charge on any atom is -0.322 e. The lowest BCUT2D eigenvalue weighted by molar-refractivity contribution is -0.115. The molecule has 0 bridgehead atoms. The van der Waals surface area contributed by atoms with Gasteiger partial charge in [0, 0.05) is 11.5 Å². The predicted octanol–water partition coefficient (Wildman–Crippen LogP) is 3.22. The van der Waals surface area contributed by atoms with Crippen molar-refractivity contribution in [1.29, 1.82) is 0 Å². The van der Waals surface area contributed by atoms with Crippen LogP contribution in [0.4, 0.5) is 5.69 Å². The van der Waals surface area contributed by atoms with Crippen molar-refractivity contribution in [1.82, 2.24) is 4.98 Å². The molecule has 0 saturated carbocycles. The number of hydrogen-bond donors (Lipinski definition) is 1. The van der Waals surface area contributed by atoms with Gasteiger partial charge in [-0.25, -0.2) is 4.98 Å². The third kappa shape index (κ3) is 4.09. The standard InChI is InChI=1S/C9H9Br2ClN2O/c10-4-3-6(11)9(15)14-7-2-1-5-13-8(7)12/h1-2,5-6H,3-4H2,(H,14,15). The van der Waals surface area contributed by atoms with Gasteiger partial charge in [-0.1, -0.05) is 43.5 Å². The maximum absolute atomic E-state index is 11.6. The second kappa shape index (κ2) is 6.45. The Morgan fingerprint density at radius 3 is 3.00 bits per heavy atom. The van der Waals surface area contributed by atoms with Crippen LogP contribution in [0.2, 0.25) is 5.15 Å². The van der Waals surface area contributed by atoms with Crippen molar-refractivity contribution in [2.75, 3.05) is 10.6 Å². The SMILES string of the molecule is O=C(Nc1cccnc1Cl)C(Br)CCBr. The number of alkyl halides is 2. The topological polar surface area (TPSA) is 42.0 Å². The molecule has 0 aliphatic rings. The number of amides is 1. The number of rotatable bonds is 4. The molecular formula is C9H9Br2ClN2O. The Kier molecular flexibility index (Phi) is 5.56. The van der Waals surface area contributed by atoms with Gasteiger partial charge < -0.3 is 5.32 Å². The Morgan fingerprint density at radius 2 is 2.40 bits per heavy atom. The Balaban J connectivity index is 2.62. The van der Waals surface area contributed by atoms with Gasteiger partial charge in [-0.15, -0.1) is 0 Å². The number of carbonyl (C=O) groups excluding carboxylic acids is 1. The average Bonchev–Trinajstić information content (AvgIpc) is 2.21. The third-order valence-corrected chi connectivity index (χ3v) is 3.30. The van der Waals surface area contributed by atoms with E-state index < -0.39 is 0 Å². The maximum atomic E-state index is 11.6. The normalized spacial score (nSPS) is 12.2. The highest BCUT2D eigenvalue weighted by Gasteiger charge is 2.15. The van der Waals surface area contributed by atoms with Crippen molar-refractivity contribution in [2.45, 2.75) is 11.2 Å². The van der Waals surface area contributed by atoms with Crippen LogP contribution in [0.25, 0.3) is 0 Å². The molecule has 82 valence electrons. The monoisotopic (exact) mass is 354 g/mol. The third-order valence-electron chi connectivity index (χ3n) is 1.66. The molecule has 0 aromatic carbocycles. The maximum Gasteiger partial charge on any atom is 0.238 e. The summed E-state index contributed by atoms with van der Waals surface area (Å²) in [7, 11) is 0. The predicted molar refractivity (Wildman–Crippen MR) is 69.0 cm³/mol. The van der Waals surface area contributed by atoms with E-state index in [2.05, 4.69) is 42.2 Å². The van der Waals surface area contributed by atoms with Gasteiger partial charge in [0.15, 0.2) is 5.15 Å². The highest BCUT2D eigenvalue weighted by Crippen LogP contribution is 2.19. The first-order chi connectivity index (χ1) is 7.15. The molecule has 0 aliphatic heterocycles. The van der Waals surface area contributed by atoms with Gasteiger partial charge in [-0.2, -0.15) is 0 Å². The molecule has 1 unspecified atom stereocenters. The second-order valence-corrected chi connectivity index (χ2v) is 5.03. The zero-order valence-corrected chi connectivity index (χ0v) is 11.6. The van der Waals surface area contributed by atoms with Gasteiger partial charge in [-0.3, -0.25) is 4.79 Å². The van der Waals surface area contributed by atoms with Crippen LogP contribution in [0.5, 0.6) is 0 Å². The lowest BCUT2D eigenvalue weighted by Gasteiger charge is -2.09. The van der Waals surface area contributed by atoms with Crippen molar-refractivity contribution in [3.63, 3.8) is 0 Å². The fraction of sp³-hybridized carbons (Fsp3) is 0.333. The number of anilines is 1. The Labute approximate surface area is 110 Å². The van der Waals surface area contributed by atoms with Gasteiger partial charge >= 0.3 is 0 Å². The first-order valence-electron chi connectivity index (χ1n) is 4.26. The molecule has 6 heteroatoms. The molecule has 1 rings (SSSR count). The smallest absolute Gasteiger partial charge is 0.238 e. The summed E-state index contributed by atoms with van der Waals surface area (Å²) in [5.41, 5.74) is 0.531. The summed E-state index contributed by atoms with van der Waals surface area (Å²) in [4.78, 5) is 15.2. The number of nitrogens with zero attached hydrogens (tertiary/aromatic N) is 1. The molecule has 0 saturated heterocycles. The number of halogens is 3. The quantitative estimate of drug-likeness (QED) is 0.665. The summed E-state index contributed by atoms with van der Waals surface area (Å²) < 4.78 is 0. The Bertz CT molecular complexity index is 349.